The molecule has 1 fully saturated rings. The molecule has 3 rings (SSSR count). The highest BCUT2D eigenvalue weighted by atomic mass is 16.5. The molecule has 1 aromatic carbocycles. The van der Waals surface area contributed by atoms with Gasteiger partial charge in [-0.3, -0.25) is 9.80 Å². The number of aliphatic hydroxyl groups is 1. The van der Waals surface area contributed by atoms with Crippen molar-refractivity contribution in [1.82, 2.24) is 9.80 Å². The first-order chi connectivity index (χ1) is 14.1. The molecule has 0 bridgehead atoms. The molecule has 1 aromatic heterocycles. The van der Waals surface area contributed by atoms with E-state index in [1.807, 2.05) is 12.1 Å². The molecule has 160 valence electrons. The molecule has 2 aromatic rings. The molecule has 1 aliphatic heterocycles. The van der Waals surface area contributed by atoms with Crippen molar-refractivity contribution in [2.24, 2.45) is 0 Å². The quantitative estimate of drug-likeness (QED) is 0.624. The third-order valence-corrected chi connectivity index (χ3v) is 5.33. The number of morpholine rings is 1. The smallest absolute Gasteiger partial charge is 0.129 e. The van der Waals surface area contributed by atoms with Gasteiger partial charge < -0.3 is 19.0 Å². The average Bonchev–Trinajstić information content (AvgIpc) is 3.22. The van der Waals surface area contributed by atoms with Crippen molar-refractivity contribution >= 4 is 0 Å². The molecule has 1 saturated heterocycles. The van der Waals surface area contributed by atoms with E-state index in [9.17, 15) is 5.11 Å². The summed E-state index contributed by atoms with van der Waals surface area (Å²) < 4.78 is 16.3. The van der Waals surface area contributed by atoms with E-state index in [0.717, 1.165) is 51.7 Å². The van der Waals surface area contributed by atoms with Crippen molar-refractivity contribution in [2.75, 3.05) is 52.5 Å². The number of nitrogens with zero attached hydrogens (tertiary/aromatic N) is 2. The third kappa shape index (κ3) is 7.57. The Balaban J connectivity index is 1.53. The third-order valence-electron chi connectivity index (χ3n) is 5.33. The predicted octanol–water partition coefficient (Wildman–Crippen LogP) is 2.61. The average molecular weight is 403 g/mol. The van der Waals surface area contributed by atoms with Crippen LogP contribution in [0.4, 0.5) is 0 Å². The summed E-state index contributed by atoms with van der Waals surface area (Å²) in [5, 5.41) is 10.5. The van der Waals surface area contributed by atoms with Crippen LogP contribution >= 0.6 is 0 Å². The van der Waals surface area contributed by atoms with Gasteiger partial charge in [0.25, 0.3) is 0 Å². The van der Waals surface area contributed by atoms with Crippen LogP contribution in [-0.4, -0.2) is 73.6 Å². The minimum absolute atomic E-state index is 0.293. The van der Waals surface area contributed by atoms with Gasteiger partial charge >= 0.3 is 0 Å². The van der Waals surface area contributed by atoms with Gasteiger partial charge in [0.2, 0.25) is 0 Å². The number of hydrogen-bond donors (Lipinski definition) is 1. The summed E-state index contributed by atoms with van der Waals surface area (Å²) in [7, 11) is 0. The van der Waals surface area contributed by atoms with E-state index in [0.29, 0.717) is 19.8 Å². The lowest BCUT2D eigenvalue weighted by molar-refractivity contribution is -0.00155. The Kier molecular flexibility index (Phi) is 8.70. The second-order valence-electron chi connectivity index (χ2n) is 7.87. The van der Waals surface area contributed by atoms with Crippen molar-refractivity contribution in [2.45, 2.75) is 33.1 Å². The van der Waals surface area contributed by atoms with Gasteiger partial charge in [0, 0.05) is 39.3 Å². The van der Waals surface area contributed by atoms with Crippen molar-refractivity contribution < 1.29 is 19.0 Å². The van der Waals surface area contributed by atoms with Crippen LogP contribution in [0.5, 0.6) is 0 Å². The summed E-state index contributed by atoms with van der Waals surface area (Å²) in [4.78, 5) is 4.76. The van der Waals surface area contributed by atoms with Gasteiger partial charge in [-0.05, 0) is 37.1 Å². The maximum Gasteiger partial charge on any atom is 0.129 e. The van der Waals surface area contributed by atoms with Crippen LogP contribution in [0, 0.1) is 13.8 Å². The van der Waals surface area contributed by atoms with Crippen molar-refractivity contribution in [3.63, 3.8) is 0 Å². The number of hydrogen-bond acceptors (Lipinski definition) is 6. The predicted molar refractivity (Wildman–Crippen MR) is 113 cm³/mol. The Hall–Kier alpha value is -1.70. The summed E-state index contributed by atoms with van der Waals surface area (Å²) in [6.45, 7) is 11.8. The molecule has 29 heavy (non-hydrogen) atoms. The summed E-state index contributed by atoms with van der Waals surface area (Å²) >= 11 is 0. The van der Waals surface area contributed by atoms with Gasteiger partial charge in [0.1, 0.15) is 12.4 Å². The Bertz CT molecular complexity index is 714. The highest BCUT2D eigenvalue weighted by Crippen LogP contribution is 2.14. The largest absolute Gasteiger partial charge is 0.467 e. The van der Waals surface area contributed by atoms with Crippen molar-refractivity contribution in [1.29, 1.82) is 0 Å². The van der Waals surface area contributed by atoms with E-state index in [1.54, 1.807) is 6.26 Å². The molecule has 1 aliphatic rings. The van der Waals surface area contributed by atoms with Crippen LogP contribution in [0.2, 0.25) is 0 Å². The minimum Gasteiger partial charge on any atom is -0.467 e. The van der Waals surface area contributed by atoms with E-state index in [-0.39, 0.29) is 0 Å². The Morgan fingerprint density at radius 2 is 2.03 bits per heavy atom. The topological polar surface area (TPSA) is 58.3 Å². The number of benzene rings is 1. The van der Waals surface area contributed by atoms with Gasteiger partial charge in [-0.15, -0.1) is 0 Å². The van der Waals surface area contributed by atoms with Gasteiger partial charge in [-0.1, -0.05) is 23.8 Å². The number of furan rings is 1. The van der Waals surface area contributed by atoms with E-state index in [4.69, 9.17) is 13.9 Å². The first-order valence-electron chi connectivity index (χ1n) is 10.5. The molecular weight excluding hydrogens is 368 g/mol. The second-order valence-corrected chi connectivity index (χ2v) is 7.87. The molecule has 6 nitrogen and oxygen atoms in total. The lowest BCUT2D eigenvalue weighted by atomic mass is 10.1. The SMILES string of the molecule is Cc1ccc(CN(CCN2CCOCC2)C[C@@H](O)COCc2ccco2)c(C)c1. The van der Waals surface area contributed by atoms with E-state index in [1.165, 1.54) is 16.7 Å². The van der Waals surface area contributed by atoms with Gasteiger partial charge in [0.05, 0.1) is 32.2 Å². The molecular formula is C23H34N2O4. The second kappa shape index (κ2) is 11.5. The first kappa shape index (κ1) is 22.0. The molecule has 6 heteroatoms. The summed E-state index contributed by atoms with van der Waals surface area (Å²) in [5.41, 5.74) is 3.88. The molecule has 1 atom stereocenters. The summed E-state index contributed by atoms with van der Waals surface area (Å²) in [5.74, 6) is 0.775. The standard InChI is InChI=1S/C23H34N2O4/c1-19-5-6-21(20(2)14-19)15-25(8-7-24-9-12-27-13-10-24)16-22(26)17-28-18-23-4-3-11-29-23/h3-6,11,14,22,26H,7-10,12-13,15-18H2,1-2H3/t22-/m1/s1. The zero-order valence-electron chi connectivity index (χ0n) is 17.7. The fourth-order valence-electron chi connectivity index (χ4n) is 3.65. The van der Waals surface area contributed by atoms with Crippen LogP contribution in [0.15, 0.2) is 41.0 Å². The first-order valence-corrected chi connectivity index (χ1v) is 10.5. The van der Waals surface area contributed by atoms with Crippen molar-refractivity contribution in [3.8, 4) is 0 Å². The zero-order chi connectivity index (χ0) is 20.5. The molecule has 0 spiro atoms. The van der Waals surface area contributed by atoms with Crippen LogP contribution in [0.1, 0.15) is 22.5 Å². The Morgan fingerprint density at radius 1 is 1.21 bits per heavy atom. The highest BCUT2D eigenvalue weighted by Gasteiger charge is 2.17. The number of ether oxygens (including phenoxy) is 2. The number of aryl methyl sites for hydroxylation is 2. The molecule has 0 radical (unpaired) electrons. The molecule has 0 unspecified atom stereocenters. The number of aliphatic hydroxyl groups excluding tert-OH is 1. The van der Waals surface area contributed by atoms with E-state index in [2.05, 4.69) is 41.8 Å². The van der Waals surface area contributed by atoms with Crippen LogP contribution in [-0.2, 0) is 22.6 Å². The fraction of sp³-hybridized carbons (Fsp3) is 0.565. The monoisotopic (exact) mass is 402 g/mol. The van der Waals surface area contributed by atoms with Crippen LogP contribution in [0.3, 0.4) is 0 Å². The lowest BCUT2D eigenvalue weighted by Crippen LogP contribution is -2.43. The molecule has 0 amide bonds. The highest BCUT2D eigenvalue weighted by molar-refractivity contribution is 5.30. The molecule has 0 saturated carbocycles. The van der Waals surface area contributed by atoms with E-state index < -0.39 is 6.10 Å². The van der Waals surface area contributed by atoms with Crippen molar-refractivity contribution in [3.05, 3.63) is 59.0 Å². The number of rotatable bonds is 11. The maximum absolute atomic E-state index is 10.5. The fourth-order valence-corrected chi connectivity index (χ4v) is 3.65. The van der Waals surface area contributed by atoms with Gasteiger partial charge in [-0.25, -0.2) is 0 Å². The minimum atomic E-state index is -0.541. The summed E-state index contributed by atoms with van der Waals surface area (Å²) in [6.07, 6.45) is 1.09. The Labute approximate surface area is 174 Å². The lowest BCUT2D eigenvalue weighted by Gasteiger charge is -2.31. The zero-order valence-corrected chi connectivity index (χ0v) is 17.7. The van der Waals surface area contributed by atoms with Gasteiger partial charge in [-0.2, -0.15) is 0 Å². The Morgan fingerprint density at radius 3 is 2.76 bits per heavy atom. The van der Waals surface area contributed by atoms with Crippen LogP contribution < -0.4 is 0 Å². The molecule has 1 N–H and O–H groups in total. The summed E-state index contributed by atoms with van der Waals surface area (Å²) in [6, 6.07) is 10.3. The van der Waals surface area contributed by atoms with Gasteiger partial charge in [0.15, 0.2) is 0 Å². The molecule has 0 aliphatic carbocycles. The van der Waals surface area contributed by atoms with E-state index >= 15 is 0 Å². The van der Waals surface area contributed by atoms with Crippen LogP contribution in [0.25, 0.3) is 0 Å². The maximum atomic E-state index is 10.5. The normalized spacial score (nSPS) is 16.4. The molecule has 2 heterocycles.